The van der Waals surface area contributed by atoms with Crippen LogP contribution in [-0.4, -0.2) is 42.9 Å². The van der Waals surface area contributed by atoms with Crippen molar-refractivity contribution in [2.45, 2.75) is 71.1 Å². The summed E-state index contributed by atoms with van der Waals surface area (Å²) in [7, 11) is 3.98. The zero-order valence-electron chi connectivity index (χ0n) is 13.7. The van der Waals surface area contributed by atoms with Crippen molar-refractivity contribution < 1.29 is 19.4 Å². The highest BCUT2D eigenvalue weighted by Crippen LogP contribution is 2.11. The van der Waals surface area contributed by atoms with Crippen LogP contribution in [0.3, 0.4) is 0 Å². The number of unbranched alkanes of at least 4 members (excludes halogenated alkanes) is 9. The van der Waals surface area contributed by atoms with Crippen LogP contribution >= 0.6 is 0 Å². The Balaban J connectivity index is 3.36. The molecule has 0 spiro atoms. The molecule has 120 valence electrons. The Bertz CT molecular complexity index is 242. The van der Waals surface area contributed by atoms with Gasteiger partial charge in [-0.15, -0.1) is 0 Å². The first-order valence-electron chi connectivity index (χ1n) is 8.18. The van der Waals surface area contributed by atoms with E-state index in [0.717, 1.165) is 13.0 Å². The highest BCUT2D eigenvalue weighted by Gasteiger charge is 2.20. The van der Waals surface area contributed by atoms with Gasteiger partial charge in [0.2, 0.25) is 0 Å². The van der Waals surface area contributed by atoms with E-state index < -0.39 is 5.97 Å². The molecule has 0 radical (unpaired) electrons. The topological polar surface area (TPSA) is 46.5 Å². The second-order valence-corrected chi connectivity index (χ2v) is 6.46. The molecule has 4 heteroatoms. The summed E-state index contributed by atoms with van der Waals surface area (Å²) in [6.45, 7) is 3.43. The fourth-order valence-corrected chi connectivity index (χ4v) is 2.48. The van der Waals surface area contributed by atoms with E-state index in [4.69, 9.17) is 5.26 Å². The first-order valence-corrected chi connectivity index (χ1v) is 8.18. The first-order chi connectivity index (χ1) is 9.52. The molecule has 0 bridgehead atoms. The molecule has 0 saturated heterocycles. The summed E-state index contributed by atoms with van der Waals surface area (Å²) in [5.41, 5.74) is 0. The number of quaternary nitrogens is 1. The van der Waals surface area contributed by atoms with Gasteiger partial charge in [0.15, 0.2) is 6.54 Å². The van der Waals surface area contributed by atoms with E-state index in [1.165, 1.54) is 57.8 Å². The monoisotopic (exact) mass is 288 g/mol. The molecule has 0 aliphatic carbocycles. The SMILES string of the molecule is CCCCCCCCCCCC[N+](C)(C)CC(=O)OO. The summed E-state index contributed by atoms with van der Waals surface area (Å²) >= 11 is 0. The summed E-state index contributed by atoms with van der Waals surface area (Å²) in [6.07, 6.45) is 13.2. The van der Waals surface area contributed by atoms with Crippen LogP contribution in [-0.2, 0) is 9.68 Å². The number of rotatable bonds is 13. The second kappa shape index (κ2) is 12.2. The van der Waals surface area contributed by atoms with E-state index in [2.05, 4.69) is 11.8 Å². The van der Waals surface area contributed by atoms with Gasteiger partial charge in [-0.1, -0.05) is 58.3 Å². The molecule has 0 aromatic rings. The number of nitrogens with zero attached hydrogens (tertiary/aromatic N) is 1. The van der Waals surface area contributed by atoms with Crippen LogP contribution in [0.4, 0.5) is 0 Å². The van der Waals surface area contributed by atoms with Crippen molar-refractivity contribution in [3.8, 4) is 0 Å². The minimum Gasteiger partial charge on any atom is -0.319 e. The second-order valence-electron chi connectivity index (χ2n) is 6.46. The van der Waals surface area contributed by atoms with Gasteiger partial charge in [0.25, 0.3) is 0 Å². The molecular weight excluding hydrogens is 254 g/mol. The summed E-state index contributed by atoms with van der Waals surface area (Å²) in [6, 6.07) is 0. The third-order valence-electron chi connectivity index (χ3n) is 3.78. The molecule has 1 N–H and O–H groups in total. The molecule has 0 atom stereocenters. The fourth-order valence-electron chi connectivity index (χ4n) is 2.48. The molecule has 0 aromatic heterocycles. The normalized spacial score (nSPS) is 11.6. The Kier molecular flexibility index (Phi) is 11.8. The van der Waals surface area contributed by atoms with Gasteiger partial charge in [-0.05, 0) is 12.8 Å². The Morgan fingerprint density at radius 1 is 0.900 bits per heavy atom. The average molecular weight is 288 g/mol. The van der Waals surface area contributed by atoms with Crippen LogP contribution in [0.5, 0.6) is 0 Å². The maximum absolute atomic E-state index is 11.0. The molecule has 0 heterocycles. The van der Waals surface area contributed by atoms with E-state index in [1.807, 2.05) is 14.1 Å². The maximum atomic E-state index is 11.0. The third kappa shape index (κ3) is 12.4. The van der Waals surface area contributed by atoms with Crippen molar-refractivity contribution >= 4 is 5.97 Å². The smallest absolute Gasteiger partial charge is 0.319 e. The van der Waals surface area contributed by atoms with E-state index in [0.29, 0.717) is 4.48 Å². The van der Waals surface area contributed by atoms with Gasteiger partial charge in [0.05, 0.1) is 20.6 Å². The maximum Gasteiger partial charge on any atom is 0.395 e. The lowest BCUT2D eigenvalue weighted by Crippen LogP contribution is -2.44. The van der Waals surface area contributed by atoms with E-state index in [1.54, 1.807) is 0 Å². The Morgan fingerprint density at radius 2 is 1.35 bits per heavy atom. The Labute approximate surface area is 124 Å². The van der Waals surface area contributed by atoms with Gasteiger partial charge in [-0.2, -0.15) is 5.26 Å². The van der Waals surface area contributed by atoms with Crippen LogP contribution in [0.2, 0.25) is 0 Å². The van der Waals surface area contributed by atoms with Crippen LogP contribution in [0.25, 0.3) is 0 Å². The highest BCUT2D eigenvalue weighted by atomic mass is 17.1. The van der Waals surface area contributed by atoms with Crippen LogP contribution in [0.15, 0.2) is 0 Å². The van der Waals surface area contributed by atoms with Crippen molar-refractivity contribution in [1.82, 2.24) is 0 Å². The summed E-state index contributed by atoms with van der Waals surface area (Å²) in [5, 5.41) is 8.28. The number of carbonyl (C=O) groups excluding carboxylic acids is 1. The summed E-state index contributed by atoms with van der Waals surface area (Å²) in [4.78, 5) is 14.8. The molecule has 20 heavy (non-hydrogen) atoms. The summed E-state index contributed by atoms with van der Waals surface area (Å²) in [5.74, 6) is -0.554. The highest BCUT2D eigenvalue weighted by molar-refractivity contribution is 5.69. The molecule has 0 fully saturated rings. The zero-order chi connectivity index (χ0) is 15.3. The van der Waals surface area contributed by atoms with Gasteiger partial charge in [-0.3, -0.25) is 4.89 Å². The number of likely N-dealkylation sites (N-methyl/N-ethyl adjacent to an activating group) is 1. The molecule has 0 saturated carbocycles. The van der Waals surface area contributed by atoms with E-state index in [-0.39, 0.29) is 6.54 Å². The van der Waals surface area contributed by atoms with Gasteiger partial charge in [0, 0.05) is 0 Å². The molecule has 0 aliphatic rings. The Morgan fingerprint density at radius 3 is 1.80 bits per heavy atom. The van der Waals surface area contributed by atoms with Crippen molar-refractivity contribution in [2.75, 3.05) is 27.2 Å². The molecule has 0 rings (SSSR count). The number of hydrogen-bond acceptors (Lipinski definition) is 3. The predicted octanol–water partition coefficient (Wildman–Crippen LogP) is 4.00. The van der Waals surface area contributed by atoms with Crippen molar-refractivity contribution in [1.29, 1.82) is 0 Å². The van der Waals surface area contributed by atoms with E-state index >= 15 is 0 Å². The standard InChI is InChI=1S/C16H33NO3/c1-4-5-6-7-8-9-10-11-12-13-14-17(2,3)15-16(18)20-19/h4-15H2,1-3H3/p+1. The minimum absolute atomic E-state index is 0.230. The van der Waals surface area contributed by atoms with Crippen LogP contribution < -0.4 is 0 Å². The molecule has 0 amide bonds. The van der Waals surface area contributed by atoms with Crippen molar-refractivity contribution in [3.63, 3.8) is 0 Å². The predicted molar refractivity (Wildman–Crippen MR) is 82.4 cm³/mol. The first kappa shape index (κ1) is 19.4. The minimum atomic E-state index is -0.554. The average Bonchev–Trinajstić information content (AvgIpc) is 2.40. The lowest BCUT2D eigenvalue weighted by molar-refractivity contribution is -0.883. The van der Waals surface area contributed by atoms with Gasteiger partial charge >= 0.3 is 5.97 Å². The number of hydrogen-bond donors (Lipinski definition) is 1. The quantitative estimate of drug-likeness (QED) is 0.241. The molecule has 4 nitrogen and oxygen atoms in total. The number of carbonyl (C=O) groups is 1. The lowest BCUT2D eigenvalue weighted by Gasteiger charge is -2.27. The Hall–Kier alpha value is -0.610. The lowest BCUT2D eigenvalue weighted by atomic mass is 10.1. The zero-order valence-corrected chi connectivity index (χ0v) is 13.7. The largest absolute Gasteiger partial charge is 0.395 e. The summed E-state index contributed by atoms with van der Waals surface area (Å²) < 4.78 is 0.580. The third-order valence-corrected chi connectivity index (χ3v) is 3.78. The van der Waals surface area contributed by atoms with Crippen molar-refractivity contribution in [3.05, 3.63) is 0 Å². The van der Waals surface area contributed by atoms with Crippen LogP contribution in [0, 0.1) is 0 Å². The molecular formula is C16H34NO3+. The van der Waals surface area contributed by atoms with Gasteiger partial charge < -0.3 is 4.48 Å². The van der Waals surface area contributed by atoms with Gasteiger partial charge in [0.1, 0.15) is 0 Å². The van der Waals surface area contributed by atoms with Crippen LogP contribution in [0.1, 0.15) is 71.1 Å². The molecule has 0 unspecified atom stereocenters. The fraction of sp³-hybridized carbons (Fsp3) is 0.938. The molecule has 0 aliphatic heterocycles. The van der Waals surface area contributed by atoms with Gasteiger partial charge in [-0.25, -0.2) is 4.79 Å². The molecule has 0 aromatic carbocycles. The van der Waals surface area contributed by atoms with Crippen molar-refractivity contribution in [2.24, 2.45) is 0 Å². The van der Waals surface area contributed by atoms with E-state index in [9.17, 15) is 4.79 Å².